The predicted molar refractivity (Wildman–Crippen MR) is 142 cm³/mol. The van der Waals surface area contributed by atoms with Crippen molar-refractivity contribution < 1.29 is 22.7 Å². The number of ether oxygens (including phenoxy) is 1. The first-order chi connectivity index (χ1) is 17.7. The number of nitrogens with zero attached hydrogens (tertiary/aromatic N) is 2. The summed E-state index contributed by atoms with van der Waals surface area (Å²) in [7, 11) is -1.84. The molecule has 1 aliphatic heterocycles. The van der Waals surface area contributed by atoms with Crippen molar-refractivity contribution in [1.82, 2.24) is 9.88 Å². The molecule has 0 fully saturated rings. The summed E-state index contributed by atoms with van der Waals surface area (Å²) < 4.78 is 31.0. The topological polar surface area (TPSA) is 93.6 Å². The van der Waals surface area contributed by atoms with E-state index in [1.807, 2.05) is 30.3 Å². The standard InChI is InChI=1S/C28H24N2O5S2/c1-3-35-28(32)19-4-7-23(8-5-19)37(33,34)17-18-12-21(15-29-14-18)26-11-10-25(36-26)20-6-9-24-22(13-20)16-30(2)27(24)31/h4-15H,3,16-17H2,1-2H3. The lowest BCUT2D eigenvalue weighted by Gasteiger charge is -2.07. The SMILES string of the molecule is CCOC(=O)c1ccc(S(=O)(=O)Cc2cncc(-c3ccc(-c4ccc5c(c4)CN(C)C5=O)s3)c2)cc1. The van der Waals surface area contributed by atoms with E-state index >= 15 is 0 Å². The summed E-state index contributed by atoms with van der Waals surface area (Å²) in [5.41, 5.74) is 4.51. The summed E-state index contributed by atoms with van der Waals surface area (Å²) in [6.45, 7) is 2.57. The minimum Gasteiger partial charge on any atom is -0.462 e. The highest BCUT2D eigenvalue weighted by molar-refractivity contribution is 7.90. The van der Waals surface area contributed by atoms with Gasteiger partial charge in [0, 0.05) is 46.9 Å². The number of hydrogen-bond acceptors (Lipinski definition) is 7. The molecule has 4 aromatic rings. The van der Waals surface area contributed by atoms with E-state index in [0.717, 1.165) is 32.0 Å². The van der Waals surface area contributed by atoms with E-state index < -0.39 is 15.8 Å². The number of thiophene rings is 1. The Morgan fingerprint density at radius 2 is 1.73 bits per heavy atom. The van der Waals surface area contributed by atoms with Crippen molar-refractivity contribution >= 4 is 33.1 Å². The zero-order valence-corrected chi connectivity index (χ0v) is 21.9. The van der Waals surface area contributed by atoms with E-state index in [1.54, 1.807) is 42.6 Å². The highest BCUT2D eigenvalue weighted by atomic mass is 32.2. The van der Waals surface area contributed by atoms with Gasteiger partial charge in [-0.1, -0.05) is 6.07 Å². The molecule has 3 heterocycles. The molecule has 188 valence electrons. The lowest BCUT2D eigenvalue weighted by Crippen LogP contribution is -2.17. The van der Waals surface area contributed by atoms with Gasteiger partial charge in [0.05, 0.1) is 22.8 Å². The number of aromatic nitrogens is 1. The molecule has 0 saturated heterocycles. The Bertz CT molecular complexity index is 1610. The summed E-state index contributed by atoms with van der Waals surface area (Å²) in [5.74, 6) is -0.655. The van der Waals surface area contributed by atoms with Gasteiger partial charge in [0.2, 0.25) is 0 Å². The molecule has 7 nitrogen and oxygen atoms in total. The van der Waals surface area contributed by atoms with Crippen molar-refractivity contribution in [2.75, 3.05) is 13.7 Å². The van der Waals surface area contributed by atoms with Crippen molar-refractivity contribution in [2.45, 2.75) is 24.1 Å². The van der Waals surface area contributed by atoms with Gasteiger partial charge >= 0.3 is 5.97 Å². The molecule has 0 bridgehead atoms. The van der Waals surface area contributed by atoms with Crippen LogP contribution in [-0.2, 0) is 26.9 Å². The van der Waals surface area contributed by atoms with E-state index in [2.05, 4.69) is 11.1 Å². The highest BCUT2D eigenvalue weighted by Gasteiger charge is 2.24. The molecule has 9 heteroatoms. The lowest BCUT2D eigenvalue weighted by molar-refractivity contribution is 0.0526. The van der Waals surface area contributed by atoms with Crippen LogP contribution in [0, 0.1) is 0 Å². The predicted octanol–water partition coefficient (Wildman–Crippen LogP) is 5.21. The second kappa shape index (κ2) is 9.91. The number of fused-ring (bicyclic) bond motifs is 1. The zero-order valence-electron chi connectivity index (χ0n) is 20.3. The number of rotatable bonds is 7. The quantitative estimate of drug-likeness (QED) is 0.303. The molecular weight excluding hydrogens is 508 g/mol. The minimum absolute atomic E-state index is 0.0428. The van der Waals surface area contributed by atoms with Gasteiger partial charge in [-0.3, -0.25) is 9.78 Å². The number of hydrogen-bond donors (Lipinski definition) is 0. The average molecular weight is 533 g/mol. The third-order valence-corrected chi connectivity index (χ3v) is 9.03. The van der Waals surface area contributed by atoms with Gasteiger partial charge in [0.15, 0.2) is 9.84 Å². The van der Waals surface area contributed by atoms with Gasteiger partial charge in [0.25, 0.3) is 5.91 Å². The molecule has 5 rings (SSSR count). The van der Waals surface area contributed by atoms with Crippen molar-refractivity contribution in [3.8, 4) is 20.9 Å². The zero-order chi connectivity index (χ0) is 26.2. The molecule has 0 radical (unpaired) electrons. The summed E-state index contributed by atoms with van der Waals surface area (Å²) >= 11 is 1.59. The first kappa shape index (κ1) is 24.9. The molecule has 0 atom stereocenters. The van der Waals surface area contributed by atoms with Crippen molar-refractivity contribution in [2.24, 2.45) is 0 Å². The third-order valence-electron chi connectivity index (χ3n) is 6.14. The van der Waals surface area contributed by atoms with E-state index in [1.165, 1.54) is 24.3 Å². The van der Waals surface area contributed by atoms with Gasteiger partial charge < -0.3 is 9.64 Å². The van der Waals surface area contributed by atoms with Crippen LogP contribution in [0.15, 0.2) is 78.0 Å². The van der Waals surface area contributed by atoms with Gasteiger partial charge in [-0.15, -0.1) is 11.3 Å². The number of amides is 1. The third kappa shape index (κ3) is 5.05. The Labute approximate surface area is 219 Å². The monoisotopic (exact) mass is 532 g/mol. The number of pyridine rings is 1. The van der Waals surface area contributed by atoms with Crippen LogP contribution in [0.1, 0.15) is 38.8 Å². The Balaban J connectivity index is 1.35. The number of carbonyl (C=O) groups excluding carboxylic acids is 2. The summed E-state index contributed by atoms with van der Waals surface area (Å²) in [4.78, 5) is 32.2. The summed E-state index contributed by atoms with van der Waals surface area (Å²) in [6, 6.07) is 17.5. The summed E-state index contributed by atoms with van der Waals surface area (Å²) in [6.07, 6.45) is 3.27. The maximum Gasteiger partial charge on any atom is 0.338 e. The number of esters is 1. The lowest BCUT2D eigenvalue weighted by atomic mass is 10.1. The first-order valence-corrected chi connectivity index (χ1v) is 14.1. The van der Waals surface area contributed by atoms with Gasteiger partial charge in [0.1, 0.15) is 0 Å². The summed E-state index contributed by atoms with van der Waals surface area (Å²) in [5, 5.41) is 0. The minimum atomic E-state index is -3.64. The fourth-order valence-electron chi connectivity index (χ4n) is 4.28. The smallest absolute Gasteiger partial charge is 0.338 e. The largest absolute Gasteiger partial charge is 0.462 e. The van der Waals surface area contributed by atoms with Crippen LogP contribution < -0.4 is 0 Å². The molecule has 0 aliphatic carbocycles. The van der Waals surface area contributed by atoms with Crippen molar-refractivity contribution in [1.29, 1.82) is 0 Å². The molecule has 1 aliphatic rings. The van der Waals surface area contributed by atoms with Crippen LogP contribution in [-0.4, -0.2) is 43.8 Å². The maximum absolute atomic E-state index is 13.0. The maximum atomic E-state index is 13.0. The number of carbonyl (C=O) groups is 2. The van der Waals surface area contributed by atoms with Crippen molar-refractivity contribution in [3.05, 3.63) is 95.3 Å². The van der Waals surface area contributed by atoms with E-state index in [4.69, 9.17) is 4.74 Å². The molecule has 1 amide bonds. The molecule has 0 spiro atoms. The molecule has 2 aromatic carbocycles. The first-order valence-electron chi connectivity index (χ1n) is 11.7. The fraction of sp³-hybridized carbons (Fsp3) is 0.179. The molecular formula is C28H24N2O5S2. The van der Waals surface area contributed by atoms with Gasteiger partial charge in [-0.2, -0.15) is 0 Å². The van der Waals surface area contributed by atoms with Crippen LogP contribution in [0.3, 0.4) is 0 Å². The van der Waals surface area contributed by atoms with Crippen LogP contribution in [0.2, 0.25) is 0 Å². The molecule has 37 heavy (non-hydrogen) atoms. The van der Waals surface area contributed by atoms with Crippen LogP contribution in [0.5, 0.6) is 0 Å². The Morgan fingerprint density at radius 3 is 2.46 bits per heavy atom. The Morgan fingerprint density at radius 1 is 1.00 bits per heavy atom. The Kier molecular flexibility index (Phi) is 6.66. The average Bonchev–Trinajstić information content (AvgIpc) is 3.49. The van der Waals surface area contributed by atoms with E-state index in [-0.39, 0.29) is 23.2 Å². The normalized spacial score (nSPS) is 13.0. The molecule has 2 aromatic heterocycles. The number of benzene rings is 2. The second-order valence-corrected chi connectivity index (χ2v) is 11.9. The molecule has 0 saturated carbocycles. The van der Waals surface area contributed by atoms with E-state index in [0.29, 0.717) is 17.7 Å². The number of sulfone groups is 1. The highest BCUT2D eigenvalue weighted by Crippen LogP contribution is 2.36. The molecule has 0 unspecified atom stereocenters. The van der Waals surface area contributed by atoms with Crippen LogP contribution >= 0.6 is 11.3 Å². The van der Waals surface area contributed by atoms with Crippen LogP contribution in [0.25, 0.3) is 20.9 Å². The van der Waals surface area contributed by atoms with Gasteiger partial charge in [-0.25, -0.2) is 13.2 Å². The van der Waals surface area contributed by atoms with Crippen LogP contribution in [0.4, 0.5) is 0 Å². The van der Waals surface area contributed by atoms with E-state index in [9.17, 15) is 18.0 Å². The second-order valence-electron chi connectivity index (χ2n) is 8.78. The fourth-order valence-corrected chi connectivity index (χ4v) is 6.58. The van der Waals surface area contributed by atoms with Crippen molar-refractivity contribution in [3.63, 3.8) is 0 Å². The Hall–Kier alpha value is -3.82. The van der Waals surface area contributed by atoms with Gasteiger partial charge in [-0.05, 0) is 78.2 Å². The molecule has 0 N–H and O–H groups in total.